The summed E-state index contributed by atoms with van der Waals surface area (Å²) < 4.78 is 18.6. The molecule has 0 spiro atoms. The van der Waals surface area contributed by atoms with E-state index in [1.54, 1.807) is 0 Å². The Kier molecular flexibility index (Phi) is 6.24. The number of hydrogen-bond donors (Lipinski definition) is 2. The summed E-state index contributed by atoms with van der Waals surface area (Å²) in [5.74, 6) is -1.03. The van der Waals surface area contributed by atoms with Gasteiger partial charge in [-0.2, -0.15) is 0 Å². The van der Waals surface area contributed by atoms with Crippen molar-refractivity contribution in [3.63, 3.8) is 0 Å². The van der Waals surface area contributed by atoms with Gasteiger partial charge in [0.15, 0.2) is 0 Å². The molecule has 0 aliphatic rings. The number of unbranched alkanes of at least 4 members (excludes halogenated alkanes) is 1. The molecule has 0 saturated carbocycles. The van der Waals surface area contributed by atoms with Gasteiger partial charge in [-0.25, -0.2) is 4.39 Å². The number of methoxy groups -OCH3 is 1. The summed E-state index contributed by atoms with van der Waals surface area (Å²) in [6, 6.07) is 2.69. The normalized spacial score (nSPS) is 12.2. The molecule has 1 rings (SSSR count). The van der Waals surface area contributed by atoms with Crippen LogP contribution in [0.3, 0.4) is 0 Å². The Hall–Kier alpha value is -1.14. The smallest absolute Gasteiger partial charge is 0.303 e. The molecular weight excluding hydrogens is 319 g/mol. The number of carboxylic acids is 1. The molecule has 6 heteroatoms. The van der Waals surface area contributed by atoms with Gasteiger partial charge in [-0.3, -0.25) is 4.79 Å². The molecule has 0 bridgehead atoms. The number of rotatable bonds is 7. The van der Waals surface area contributed by atoms with Gasteiger partial charge >= 0.3 is 5.97 Å². The molecule has 0 aliphatic carbocycles. The number of benzene rings is 1. The first-order valence-corrected chi connectivity index (χ1v) is 6.67. The molecule has 0 fully saturated rings. The van der Waals surface area contributed by atoms with Crippen molar-refractivity contribution in [2.45, 2.75) is 31.8 Å². The lowest BCUT2D eigenvalue weighted by atomic mass is 10.0. The van der Waals surface area contributed by atoms with Crippen molar-refractivity contribution in [2.24, 2.45) is 0 Å². The predicted octanol–water partition coefficient (Wildman–Crippen LogP) is 3.28. The minimum absolute atomic E-state index is 0.0803. The van der Waals surface area contributed by atoms with Crippen molar-refractivity contribution < 1.29 is 24.1 Å². The van der Waals surface area contributed by atoms with Crippen molar-refractivity contribution in [2.75, 3.05) is 7.11 Å². The van der Waals surface area contributed by atoms with Gasteiger partial charge in [0.25, 0.3) is 0 Å². The van der Waals surface area contributed by atoms with E-state index in [-0.39, 0.29) is 16.6 Å². The van der Waals surface area contributed by atoms with E-state index in [4.69, 9.17) is 9.84 Å². The highest BCUT2D eigenvalue weighted by Gasteiger charge is 2.16. The third kappa shape index (κ3) is 4.80. The molecule has 1 unspecified atom stereocenters. The molecular formula is C13H16BrFO4. The first-order valence-electron chi connectivity index (χ1n) is 5.88. The lowest BCUT2D eigenvalue weighted by molar-refractivity contribution is -0.137. The largest absolute Gasteiger partial charge is 0.496 e. The molecule has 0 amide bonds. The zero-order valence-corrected chi connectivity index (χ0v) is 12.1. The van der Waals surface area contributed by atoms with Crippen LogP contribution in [-0.2, 0) is 4.79 Å². The average Bonchev–Trinajstić information content (AvgIpc) is 2.36. The molecule has 1 aromatic carbocycles. The maximum Gasteiger partial charge on any atom is 0.303 e. The van der Waals surface area contributed by atoms with Crippen LogP contribution in [0.5, 0.6) is 5.75 Å². The highest BCUT2D eigenvalue weighted by atomic mass is 79.9. The molecule has 106 valence electrons. The quantitative estimate of drug-likeness (QED) is 0.751. The second kappa shape index (κ2) is 7.45. The summed E-state index contributed by atoms with van der Waals surface area (Å²) in [6.07, 6.45) is 0.752. The lowest BCUT2D eigenvalue weighted by Crippen LogP contribution is -2.03. The number of carbonyl (C=O) groups is 1. The fourth-order valence-electron chi connectivity index (χ4n) is 1.75. The third-order valence-corrected chi connectivity index (χ3v) is 3.36. The van der Waals surface area contributed by atoms with E-state index in [9.17, 15) is 14.3 Å². The van der Waals surface area contributed by atoms with Crippen LogP contribution in [0.1, 0.15) is 37.4 Å². The molecule has 0 radical (unpaired) electrons. The molecule has 1 atom stereocenters. The molecule has 4 nitrogen and oxygen atoms in total. The van der Waals surface area contributed by atoms with Crippen LogP contribution in [0.2, 0.25) is 0 Å². The van der Waals surface area contributed by atoms with E-state index in [1.165, 1.54) is 19.2 Å². The maximum atomic E-state index is 13.3. The van der Waals surface area contributed by atoms with Gasteiger partial charge in [0.1, 0.15) is 11.6 Å². The van der Waals surface area contributed by atoms with E-state index in [2.05, 4.69) is 15.9 Å². The molecule has 19 heavy (non-hydrogen) atoms. The van der Waals surface area contributed by atoms with Crippen LogP contribution in [0.4, 0.5) is 4.39 Å². The van der Waals surface area contributed by atoms with Crippen molar-refractivity contribution >= 4 is 21.9 Å². The number of ether oxygens (including phenoxy) is 1. The molecule has 0 aliphatic heterocycles. The number of aliphatic carboxylic acids is 1. The van der Waals surface area contributed by atoms with Gasteiger partial charge in [-0.1, -0.05) is 0 Å². The highest BCUT2D eigenvalue weighted by Crippen LogP contribution is 2.33. The minimum Gasteiger partial charge on any atom is -0.496 e. The van der Waals surface area contributed by atoms with Crippen LogP contribution in [0.25, 0.3) is 0 Å². The van der Waals surface area contributed by atoms with Crippen molar-refractivity contribution in [1.82, 2.24) is 0 Å². The van der Waals surface area contributed by atoms with E-state index < -0.39 is 17.9 Å². The zero-order valence-electron chi connectivity index (χ0n) is 10.5. The minimum atomic E-state index is -0.850. The zero-order chi connectivity index (χ0) is 14.4. The monoisotopic (exact) mass is 334 g/mol. The van der Waals surface area contributed by atoms with Gasteiger partial charge < -0.3 is 14.9 Å². The summed E-state index contributed by atoms with van der Waals surface area (Å²) in [7, 11) is 1.41. The van der Waals surface area contributed by atoms with Crippen molar-refractivity contribution in [3.05, 3.63) is 28.0 Å². The van der Waals surface area contributed by atoms with Crippen molar-refractivity contribution in [3.8, 4) is 5.75 Å². The fraction of sp³-hybridized carbons (Fsp3) is 0.462. The Balaban J connectivity index is 2.67. The second-order valence-corrected chi connectivity index (χ2v) is 5.02. The molecule has 0 aromatic heterocycles. The maximum absolute atomic E-state index is 13.3. The molecule has 1 aromatic rings. The van der Waals surface area contributed by atoms with Crippen LogP contribution >= 0.6 is 15.9 Å². The van der Waals surface area contributed by atoms with E-state index in [0.717, 1.165) is 0 Å². The summed E-state index contributed by atoms with van der Waals surface area (Å²) in [5.41, 5.74) is 0.492. The topological polar surface area (TPSA) is 66.8 Å². The highest BCUT2D eigenvalue weighted by molar-refractivity contribution is 9.10. The first-order chi connectivity index (χ1) is 8.95. The standard InChI is InChI=1S/C13H16BrFO4/c1-19-12-7-10(15)9(14)6-8(12)11(16)4-2-3-5-13(17)18/h6-7,11,16H,2-5H2,1H3,(H,17,18). The first kappa shape index (κ1) is 15.9. The molecule has 0 saturated heterocycles. The number of hydrogen-bond acceptors (Lipinski definition) is 3. The number of aliphatic hydroxyl groups excluding tert-OH is 1. The van der Waals surface area contributed by atoms with Gasteiger partial charge in [0.05, 0.1) is 17.7 Å². The van der Waals surface area contributed by atoms with Crippen LogP contribution in [-0.4, -0.2) is 23.3 Å². The lowest BCUT2D eigenvalue weighted by Gasteiger charge is -2.15. The van der Waals surface area contributed by atoms with E-state index in [0.29, 0.717) is 24.8 Å². The summed E-state index contributed by atoms with van der Waals surface area (Å²) in [5, 5.41) is 18.6. The Labute approximate surface area is 119 Å². The van der Waals surface area contributed by atoms with Gasteiger partial charge in [0.2, 0.25) is 0 Å². The van der Waals surface area contributed by atoms with Crippen LogP contribution in [0.15, 0.2) is 16.6 Å². The third-order valence-electron chi connectivity index (χ3n) is 2.75. The fourth-order valence-corrected chi connectivity index (χ4v) is 2.11. The summed E-state index contributed by atoms with van der Waals surface area (Å²) >= 11 is 3.06. The van der Waals surface area contributed by atoms with Gasteiger partial charge in [-0.15, -0.1) is 0 Å². The summed E-state index contributed by atoms with van der Waals surface area (Å²) in [6.45, 7) is 0. The Bertz CT molecular complexity index is 451. The SMILES string of the molecule is COc1cc(F)c(Br)cc1C(O)CCCCC(=O)O. The Morgan fingerprint density at radius 2 is 2.16 bits per heavy atom. The summed E-state index contributed by atoms with van der Waals surface area (Å²) in [4.78, 5) is 10.4. The Morgan fingerprint density at radius 1 is 1.47 bits per heavy atom. The number of aliphatic hydroxyl groups is 1. The van der Waals surface area contributed by atoms with E-state index >= 15 is 0 Å². The van der Waals surface area contributed by atoms with Crippen LogP contribution in [0, 0.1) is 5.82 Å². The number of halogens is 2. The van der Waals surface area contributed by atoms with Gasteiger partial charge in [0, 0.05) is 18.1 Å². The van der Waals surface area contributed by atoms with Gasteiger partial charge in [-0.05, 0) is 41.3 Å². The predicted molar refractivity (Wildman–Crippen MR) is 71.7 cm³/mol. The Morgan fingerprint density at radius 3 is 2.74 bits per heavy atom. The van der Waals surface area contributed by atoms with Crippen molar-refractivity contribution in [1.29, 1.82) is 0 Å². The van der Waals surface area contributed by atoms with Crippen LogP contribution < -0.4 is 4.74 Å². The number of carboxylic acid groups (broad SMARTS) is 1. The van der Waals surface area contributed by atoms with E-state index in [1.807, 2.05) is 0 Å². The molecule has 2 N–H and O–H groups in total. The average molecular weight is 335 g/mol. The second-order valence-electron chi connectivity index (χ2n) is 4.16. The molecule has 0 heterocycles.